The van der Waals surface area contributed by atoms with Crippen LogP contribution in [0.5, 0.6) is 0 Å². The summed E-state index contributed by atoms with van der Waals surface area (Å²) in [7, 11) is 0. The van der Waals surface area contributed by atoms with Crippen molar-refractivity contribution in [2.75, 3.05) is 4.90 Å². The largest absolute Gasteiger partial charge is 0.431 e. The second kappa shape index (κ2) is 8.11. The summed E-state index contributed by atoms with van der Waals surface area (Å²) >= 11 is 2.53. The van der Waals surface area contributed by atoms with Crippen molar-refractivity contribution in [2.24, 2.45) is 0 Å². The molecular formula is C20H14F3N3O2S2. The van der Waals surface area contributed by atoms with E-state index in [9.17, 15) is 18.0 Å². The second-order valence-electron chi connectivity index (χ2n) is 6.26. The van der Waals surface area contributed by atoms with Crippen LogP contribution in [0.3, 0.4) is 0 Å². The summed E-state index contributed by atoms with van der Waals surface area (Å²) in [5.74, 6) is 0.0133. The molecule has 0 saturated carbocycles. The zero-order chi connectivity index (χ0) is 21.3. The molecule has 2 aromatic carbocycles. The van der Waals surface area contributed by atoms with E-state index in [4.69, 9.17) is 4.42 Å². The van der Waals surface area contributed by atoms with Crippen LogP contribution < -0.4 is 4.90 Å². The van der Waals surface area contributed by atoms with Gasteiger partial charge in [0.05, 0.1) is 16.9 Å². The van der Waals surface area contributed by atoms with E-state index in [1.54, 1.807) is 5.38 Å². The third kappa shape index (κ3) is 4.34. The molecule has 0 bridgehead atoms. The molecule has 0 radical (unpaired) electrons. The lowest BCUT2D eigenvalue weighted by atomic mass is 10.2. The summed E-state index contributed by atoms with van der Waals surface area (Å²) in [6, 6.07) is 12.0. The number of nitrogens with zero attached hydrogens (tertiary/aromatic N) is 3. The van der Waals surface area contributed by atoms with Gasteiger partial charge < -0.3 is 4.42 Å². The van der Waals surface area contributed by atoms with Gasteiger partial charge in [-0.25, -0.2) is 9.97 Å². The Bertz CT molecular complexity index is 1170. The van der Waals surface area contributed by atoms with Crippen LogP contribution >= 0.6 is 23.1 Å². The highest BCUT2D eigenvalue weighted by atomic mass is 32.2. The van der Waals surface area contributed by atoms with Crippen LogP contribution in [0.2, 0.25) is 0 Å². The molecule has 0 unspecified atom stereocenters. The highest BCUT2D eigenvalue weighted by molar-refractivity contribution is 7.98. The molecule has 4 rings (SSSR count). The first-order chi connectivity index (χ1) is 14.3. The molecule has 0 aliphatic rings. The van der Waals surface area contributed by atoms with Gasteiger partial charge in [-0.05, 0) is 30.3 Å². The third-order valence-corrected chi connectivity index (χ3v) is 5.83. The number of para-hydroxylation sites is 2. The van der Waals surface area contributed by atoms with Gasteiger partial charge in [0.2, 0.25) is 5.91 Å². The van der Waals surface area contributed by atoms with E-state index in [-0.39, 0.29) is 5.69 Å². The maximum absolute atomic E-state index is 13.0. The number of aromatic nitrogens is 2. The van der Waals surface area contributed by atoms with Crippen LogP contribution in [0, 0.1) is 0 Å². The Labute approximate surface area is 177 Å². The number of anilines is 2. The summed E-state index contributed by atoms with van der Waals surface area (Å²) in [4.78, 5) is 22.1. The van der Waals surface area contributed by atoms with Crippen molar-refractivity contribution >= 4 is 50.9 Å². The molecule has 0 fully saturated rings. The smallest absolute Gasteiger partial charge is 0.416 e. The Morgan fingerprint density at radius 3 is 2.70 bits per heavy atom. The Kier molecular flexibility index (Phi) is 5.52. The van der Waals surface area contributed by atoms with Crippen LogP contribution in [-0.2, 0) is 16.7 Å². The van der Waals surface area contributed by atoms with Gasteiger partial charge in [0.1, 0.15) is 5.52 Å². The number of alkyl halides is 3. The molecule has 5 nitrogen and oxygen atoms in total. The minimum absolute atomic E-state index is 0.116. The van der Waals surface area contributed by atoms with Gasteiger partial charge in [-0.1, -0.05) is 30.0 Å². The normalized spacial score (nSPS) is 11.7. The zero-order valence-electron chi connectivity index (χ0n) is 15.5. The minimum atomic E-state index is -4.50. The summed E-state index contributed by atoms with van der Waals surface area (Å²) in [5, 5.41) is 2.55. The van der Waals surface area contributed by atoms with Gasteiger partial charge in [0, 0.05) is 18.1 Å². The van der Waals surface area contributed by atoms with Gasteiger partial charge in [-0.2, -0.15) is 13.2 Å². The van der Waals surface area contributed by atoms with Gasteiger partial charge in [-0.15, -0.1) is 11.3 Å². The number of thioether (sulfide) groups is 1. The Hall–Kier alpha value is -2.85. The molecule has 4 aromatic rings. The number of amides is 1. The van der Waals surface area contributed by atoms with E-state index in [0.29, 0.717) is 27.4 Å². The molecule has 30 heavy (non-hydrogen) atoms. The number of hydrogen-bond donors (Lipinski definition) is 0. The second-order valence-corrected chi connectivity index (χ2v) is 8.02. The van der Waals surface area contributed by atoms with Gasteiger partial charge in [-0.3, -0.25) is 9.69 Å². The van der Waals surface area contributed by atoms with Gasteiger partial charge >= 0.3 is 6.18 Å². The number of fused-ring (bicyclic) bond motifs is 1. The molecule has 2 heterocycles. The highest BCUT2D eigenvalue weighted by Crippen LogP contribution is 2.35. The lowest BCUT2D eigenvalue weighted by Gasteiger charge is -2.19. The van der Waals surface area contributed by atoms with E-state index in [1.807, 2.05) is 24.3 Å². The molecule has 0 N–H and O–H groups in total. The Balaban J connectivity index is 1.54. The summed E-state index contributed by atoms with van der Waals surface area (Å²) in [6.07, 6.45) is -4.50. The van der Waals surface area contributed by atoms with E-state index < -0.39 is 17.6 Å². The van der Waals surface area contributed by atoms with Crippen molar-refractivity contribution in [2.45, 2.75) is 24.1 Å². The van der Waals surface area contributed by atoms with E-state index in [2.05, 4.69) is 9.97 Å². The molecule has 1 amide bonds. The van der Waals surface area contributed by atoms with Crippen LogP contribution in [0.1, 0.15) is 18.2 Å². The third-order valence-electron chi connectivity index (χ3n) is 4.10. The van der Waals surface area contributed by atoms with Crippen LogP contribution in [0.4, 0.5) is 24.0 Å². The number of carbonyl (C=O) groups is 1. The average Bonchev–Trinajstić information content (AvgIpc) is 3.32. The molecule has 0 atom stereocenters. The molecule has 2 aromatic heterocycles. The van der Waals surface area contributed by atoms with Crippen LogP contribution in [0.25, 0.3) is 11.1 Å². The number of oxazole rings is 1. The Morgan fingerprint density at radius 1 is 1.17 bits per heavy atom. The number of thiazole rings is 1. The first-order valence-electron chi connectivity index (χ1n) is 8.72. The fourth-order valence-electron chi connectivity index (χ4n) is 2.76. The lowest BCUT2D eigenvalue weighted by molar-refractivity contribution is -0.137. The van der Waals surface area contributed by atoms with Gasteiger partial charge in [0.15, 0.2) is 10.7 Å². The first-order valence-corrected chi connectivity index (χ1v) is 10.6. The van der Waals surface area contributed by atoms with Crippen molar-refractivity contribution < 1.29 is 22.4 Å². The molecule has 10 heteroatoms. The molecule has 154 valence electrons. The number of carbonyl (C=O) groups excluding carboxylic acids is 1. The van der Waals surface area contributed by atoms with Crippen molar-refractivity contribution in [3.63, 3.8) is 0 Å². The topological polar surface area (TPSA) is 59.2 Å². The van der Waals surface area contributed by atoms with Gasteiger partial charge in [0.25, 0.3) is 5.22 Å². The molecule has 0 saturated heterocycles. The minimum Gasteiger partial charge on any atom is -0.431 e. The van der Waals surface area contributed by atoms with E-state index in [0.717, 1.165) is 17.6 Å². The monoisotopic (exact) mass is 449 g/mol. The molecular weight excluding hydrogens is 435 g/mol. The SMILES string of the molecule is CC(=O)N(c1cccc(C(F)(F)F)c1)c1nc(CSc2nc3ccccc3o2)cs1. The maximum Gasteiger partial charge on any atom is 0.416 e. The summed E-state index contributed by atoms with van der Waals surface area (Å²) in [6.45, 7) is 1.29. The highest BCUT2D eigenvalue weighted by Gasteiger charge is 2.31. The number of benzene rings is 2. The fraction of sp³-hybridized carbons (Fsp3) is 0.150. The van der Waals surface area contributed by atoms with Crippen LogP contribution in [-0.4, -0.2) is 15.9 Å². The average molecular weight is 449 g/mol. The first kappa shape index (κ1) is 20.4. The number of hydrogen-bond acceptors (Lipinski definition) is 6. The van der Waals surface area contributed by atoms with Crippen molar-refractivity contribution in [3.8, 4) is 0 Å². The number of rotatable bonds is 5. The zero-order valence-corrected chi connectivity index (χ0v) is 17.1. The predicted molar refractivity (Wildman–Crippen MR) is 110 cm³/mol. The van der Waals surface area contributed by atoms with E-state index >= 15 is 0 Å². The molecule has 0 aliphatic carbocycles. The number of halogens is 3. The fourth-order valence-corrected chi connectivity index (χ4v) is 4.49. The standard InChI is InChI=1S/C20H14F3N3O2S2/c1-12(27)26(15-6-4-5-13(9-15)20(21,22)23)18-24-14(10-29-18)11-30-19-25-16-7-2-3-8-17(16)28-19/h2-10H,11H2,1H3. The molecule has 0 spiro atoms. The Morgan fingerprint density at radius 2 is 1.97 bits per heavy atom. The van der Waals surface area contributed by atoms with Crippen LogP contribution in [0.15, 0.2) is 63.6 Å². The van der Waals surface area contributed by atoms with Crippen molar-refractivity contribution in [1.29, 1.82) is 0 Å². The van der Waals surface area contributed by atoms with Crippen molar-refractivity contribution in [1.82, 2.24) is 9.97 Å². The van der Waals surface area contributed by atoms with Crippen molar-refractivity contribution in [3.05, 3.63) is 65.2 Å². The summed E-state index contributed by atoms with van der Waals surface area (Å²) < 4.78 is 44.8. The quantitative estimate of drug-likeness (QED) is 0.336. The predicted octanol–water partition coefficient (Wildman–Crippen LogP) is 6.28. The maximum atomic E-state index is 13.0. The lowest BCUT2D eigenvalue weighted by Crippen LogP contribution is -2.23. The van der Waals surface area contributed by atoms with E-state index in [1.165, 1.54) is 47.1 Å². The molecule has 0 aliphatic heterocycles. The summed E-state index contributed by atoms with van der Waals surface area (Å²) in [5.41, 5.74) is 1.40.